The molecule has 1 aromatic carbocycles. The van der Waals surface area contributed by atoms with Crippen LogP contribution < -0.4 is 5.32 Å². The fourth-order valence-corrected chi connectivity index (χ4v) is 3.62. The van der Waals surface area contributed by atoms with Crippen LogP contribution in [0.15, 0.2) is 53.8 Å². The standard InChI is InChI=1S/C21H22N6O2S/c1-13(2)17-18-19(27-26-17)20(25-21(24-18)30(3,28)29)23-12-14-7-9-15(10-8-14)16-6-4-5-11-22-16/h4-11,13H,12H2,1-3H3,(H,26,27)(H,23,24,25). The average Bonchev–Trinajstić information content (AvgIpc) is 3.17. The number of aromatic nitrogens is 5. The van der Waals surface area contributed by atoms with E-state index in [0.29, 0.717) is 29.1 Å². The van der Waals surface area contributed by atoms with Gasteiger partial charge in [0.25, 0.3) is 0 Å². The Balaban J connectivity index is 1.63. The summed E-state index contributed by atoms with van der Waals surface area (Å²) in [5.41, 5.74) is 4.78. The highest BCUT2D eigenvalue weighted by Crippen LogP contribution is 2.27. The first-order chi connectivity index (χ1) is 14.3. The lowest BCUT2D eigenvalue weighted by atomic mass is 10.1. The van der Waals surface area contributed by atoms with E-state index in [2.05, 4.69) is 30.5 Å². The van der Waals surface area contributed by atoms with Crippen molar-refractivity contribution in [1.29, 1.82) is 0 Å². The van der Waals surface area contributed by atoms with Crippen LogP contribution in [-0.2, 0) is 16.4 Å². The van der Waals surface area contributed by atoms with E-state index >= 15 is 0 Å². The number of anilines is 1. The van der Waals surface area contributed by atoms with Crippen LogP contribution in [0.1, 0.15) is 31.0 Å². The molecule has 3 heterocycles. The van der Waals surface area contributed by atoms with Crippen LogP contribution in [0.2, 0.25) is 0 Å². The zero-order valence-corrected chi connectivity index (χ0v) is 17.7. The van der Waals surface area contributed by atoms with Gasteiger partial charge in [-0.1, -0.05) is 44.2 Å². The molecule has 4 rings (SSSR count). The number of hydrogen-bond donors (Lipinski definition) is 2. The van der Waals surface area contributed by atoms with Crippen molar-refractivity contribution in [2.75, 3.05) is 11.6 Å². The van der Waals surface area contributed by atoms with Crippen LogP contribution in [0.3, 0.4) is 0 Å². The maximum absolute atomic E-state index is 12.1. The van der Waals surface area contributed by atoms with E-state index in [1.54, 1.807) is 6.20 Å². The van der Waals surface area contributed by atoms with Crippen LogP contribution >= 0.6 is 0 Å². The molecular weight excluding hydrogens is 400 g/mol. The molecule has 0 unspecified atom stereocenters. The van der Waals surface area contributed by atoms with Gasteiger partial charge in [0.05, 0.1) is 11.4 Å². The largest absolute Gasteiger partial charge is 0.364 e. The summed E-state index contributed by atoms with van der Waals surface area (Å²) in [6.45, 7) is 4.43. The van der Waals surface area contributed by atoms with Crippen LogP contribution in [0.4, 0.5) is 5.82 Å². The third kappa shape index (κ3) is 4.02. The Kier molecular flexibility index (Phi) is 5.21. The van der Waals surface area contributed by atoms with Gasteiger partial charge < -0.3 is 5.32 Å². The number of rotatable bonds is 6. The van der Waals surface area contributed by atoms with Crippen LogP contribution in [0, 0.1) is 0 Å². The highest BCUT2D eigenvalue weighted by molar-refractivity contribution is 7.90. The third-order valence-electron chi connectivity index (χ3n) is 4.67. The molecule has 3 aromatic heterocycles. The van der Waals surface area contributed by atoms with Crippen molar-refractivity contribution in [1.82, 2.24) is 25.1 Å². The third-order valence-corrected chi connectivity index (χ3v) is 5.52. The second-order valence-corrected chi connectivity index (χ2v) is 9.29. The predicted molar refractivity (Wildman–Crippen MR) is 116 cm³/mol. The monoisotopic (exact) mass is 422 g/mol. The topological polar surface area (TPSA) is 114 Å². The van der Waals surface area contributed by atoms with Gasteiger partial charge in [-0.2, -0.15) is 10.1 Å². The molecule has 0 saturated carbocycles. The molecule has 0 aliphatic rings. The lowest BCUT2D eigenvalue weighted by Gasteiger charge is -2.09. The van der Waals surface area contributed by atoms with Crippen molar-refractivity contribution < 1.29 is 8.42 Å². The van der Waals surface area contributed by atoms with Crippen molar-refractivity contribution in [3.8, 4) is 11.3 Å². The van der Waals surface area contributed by atoms with E-state index in [1.807, 2.05) is 56.3 Å². The summed E-state index contributed by atoms with van der Waals surface area (Å²) in [6, 6.07) is 13.8. The van der Waals surface area contributed by atoms with Crippen LogP contribution in [0.5, 0.6) is 0 Å². The molecule has 0 bridgehead atoms. The smallest absolute Gasteiger partial charge is 0.249 e. The normalized spacial score (nSPS) is 11.9. The molecule has 30 heavy (non-hydrogen) atoms. The maximum atomic E-state index is 12.1. The van der Waals surface area contributed by atoms with E-state index < -0.39 is 9.84 Å². The first-order valence-electron chi connectivity index (χ1n) is 9.53. The Morgan fingerprint density at radius 2 is 1.83 bits per heavy atom. The molecule has 0 atom stereocenters. The Labute approximate surface area is 174 Å². The molecule has 0 saturated heterocycles. The highest BCUT2D eigenvalue weighted by Gasteiger charge is 2.20. The summed E-state index contributed by atoms with van der Waals surface area (Å²) in [7, 11) is -3.57. The first-order valence-corrected chi connectivity index (χ1v) is 11.4. The van der Waals surface area contributed by atoms with Gasteiger partial charge in [0.1, 0.15) is 11.0 Å². The molecule has 0 radical (unpaired) electrons. The maximum Gasteiger partial charge on any atom is 0.249 e. The molecule has 0 aliphatic heterocycles. The zero-order chi connectivity index (χ0) is 21.3. The summed E-state index contributed by atoms with van der Waals surface area (Å²) < 4.78 is 24.2. The lowest BCUT2D eigenvalue weighted by molar-refractivity contribution is 0.594. The van der Waals surface area contributed by atoms with Gasteiger partial charge in [-0.3, -0.25) is 10.1 Å². The van der Waals surface area contributed by atoms with Crippen LogP contribution in [0.25, 0.3) is 22.3 Å². The zero-order valence-electron chi connectivity index (χ0n) is 16.9. The van der Waals surface area contributed by atoms with Crippen molar-refractivity contribution in [2.45, 2.75) is 31.5 Å². The Bertz CT molecular complexity index is 1280. The summed E-state index contributed by atoms with van der Waals surface area (Å²) in [5.74, 6) is 0.502. The molecule has 0 spiro atoms. The van der Waals surface area contributed by atoms with Crippen LogP contribution in [-0.4, -0.2) is 39.8 Å². The minimum Gasteiger partial charge on any atom is -0.364 e. The van der Waals surface area contributed by atoms with E-state index in [1.165, 1.54) is 0 Å². The van der Waals surface area contributed by atoms with Gasteiger partial charge in [0.15, 0.2) is 5.82 Å². The Morgan fingerprint density at radius 1 is 1.07 bits per heavy atom. The molecule has 4 aromatic rings. The van der Waals surface area contributed by atoms with Crippen molar-refractivity contribution in [3.63, 3.8) is 0 Å². The predicted octanol–water partition coefficient (Wildman–Crippen LogP) is 3.55. The van der Waals surface area contributed by atoms with Gasteiger partial charge >= 0.3 is 0 Å². The minimum absolute atomic E-state index is 0.0908. The SMILES string of the molecule is CC(C)c1n[nH]c2c(NCc3ccc(-c4ccccn4)cc3)nc(S(C)(=O)=O)nc12. The molecule has 9 heteroatoms. The van der Waals surface area contributed by atoms with E-state index in [0.717, 1.165) is 23.1 Å². The molecule has 154 valence electrons. The Hall–Kier alpha value is -3.33. The number of fused-ring (bicyclic) bond motifs is 1. The van der Waals surface area contributed by atoms with E-state index in [-0.39, 0.29) is 11.1 Å². The number of pyridine rings is 1. The second kappa shape index (κ2) is 7.83. The van der Waals surface area contributed by atoms with Gasteiger partial charge in [0, 0.05) is 24.6 Å². The first kappa shape index (κ1) is 20.0. The number of nitrogens with one attached hydrogen (secondary N) is 2. The summed E-state index contributed by atoms with van der Waals surface area (Å²) in [5, 5.41) is 10.3. The van der Waals surface area contributed by atoms with E-state index in [4.69, 9.17) is 0 Å². The molecular formula is C21H22N6O2S. The number of sulfone groups is 1. The summed E-state index contributed by atoms with van der Waals surface area (Å²) >= 11 is 0. The quantitative estimate of drug-likeness (QED) is 0.457. The minimum atomic E-state index is -3.57. The summed E-state index contributed by atoms with van der Waals surface area (Å²) in [6.07, 6.45) is 2.86. The summed E-state index contributed by atoms with van der Waals surface area (Å²) in [4.78, 5) is 12.8. The number of nitrogens with zero attached hydrogens (tertiary/aromatic N) is 4. The molecule has 0 amide bonds. The number of H-pyrrole nitrogens is 1. The second-order valence-electron chi connectivity index (χ2n) is 7.38. The highest BCUT2D eigenvalue weighted by atomic mass is 32.2. The number of aromatic amines is 1. The molecule has 2 N–H and O–H groups in total. The lowest BCUT2D eigenvalue weighted by Crippen LogP contribution is -2.09. The Morgan fingerprint density at radius 3 is 2.47 bits per heavy atom. The van der Waals surface area contributed by atoms with E-state index in [9.17, 15) is 8.42 Å². The molecule has 8 nitrogen and oxygen atoms in total. The molecule has 0 fully saturated rings. The van der Waals surface area contributed by atoms with Crippen molar-refractivity contribution in [2.24, 2.45) is 0 Å². The average molecular weight is 423 g/mol. The molecule has 0 aliphatic carbocycles. The van der Waals surface area contributed by atoms with Crippen molar-refractivity contribution >= 4 is 26.7 Å². The van der Waals surface area contributed by atoms with Crippen molar-refractivity contribution in [3.05, 3.63) is 59.9 Å². The number of benzene rings is 1. The van der Waals surface area contributed by atoms with Gasteiger partial charge in [-0.05, 0) is 23.6 Å². The fraction of sp³-hybridized carbons (Fsp3) is 0.238. The van der Waals surface area contributed by atoms with Gasteiger partial charge in [0.2, 0.25) is 15.0 Å². The number of hydrogen-bond acceptors (Lipinski definition) is 7. The van der Waals surface area contributed by atoms with Gasteiger partial charge in [-0.25, -0.2) is 13.4 Å². The van der Waals surface area contributed by atoms with Gasteiger partial charge in [-0.15, -0.1) is 0 Å². The fourth-order valence-electron chi connectivity index (χ4n) is 3.11.